The predicted molar refractivity (Wildman–Crippen MR) is 104 cm³/mol. The van der Waals surface area contributed by atoms with Crippen LogP contribution in [-0.4, -0.2) is 34.3 Å². The zero-order valence-corrected chi connectivity index (χ0v) is 15.5. The fourth-order valence-corrected chi connectivity index (χ4v) is 4.01. The molecule has 0 fully saturated rings. The fraction of sp³-hybridized carbons (Fsp3) is 0.318. The van der Waals surface area contributed by atoms with Gasteiger partial charge in [-0.1, -0.05) is 24.3 Å². The Morgan fingerprint density at radius 3 is 2.75 bits per heavy atom. The Hall–Kier alpha value is -3.15. The number of carbonyl (C=O) groups is 3. The first-order valence-electron chi connectivity index (χ1n) is 9.53. The third kappa shape index (κ3) is 3.63. The van der Waals surface area contributed by atoms with E-state index in [1.54, 1.807) is 17.0 Å². The predicted octanol–water partition coefficient (Wildman–Crippen LogP) is 2.86. The van der Waals surface area contributed by atoms with Crippen molar-refractivity contribution in [2.24, 2.45) is 5.92 Å². The standard InChI is InChI=1S/C22H22N2O4/c25-20(8-7-16-11-15-3-1-2-4-19(15)23-21(16)26)24-10-9-14-5-6-17(22(27)28)12-18(14)13-24/h1-6,12,16H,7-11,13H2,(H,23,26)(H,27,28). The van der Waals surface area contributed by atoms with Crippen LogP contribution in [0.1, 0.15) is 39.9 Å². The molecular formula is C22H22N2O4. The van der Waals surface area contributed by atoms with Crippen LogP contribution < -0.4 is 5.32 Å². The summed E-state index contributed by atoms with van der Waals surface area (Å²) < 4.78 is 0. The van der Waals surface area contributed by atoms with E-state index < -0.39 is 5.97 Å². The molecule has 28 heavy (non-hydrogen) atoms. The van der Waals surface area contributed by atoms with Crippen molar-refractivity contribution in [2.45, 2.75) is 32.2 Å². The number of fused-ring (bicyclic) bond motifs is 2. The molecular weight excluding hydrogens is 356 g/mol. The van der Waals surface area contributed by atoms with Crippen molar-refractivity contribution in [3.05, 3.63) is 64.7 Å². The molecule has 2 N–H and O–H groups in total. The van der Waals surface area contributed by atoms with Crippen LogP contribution in [0.2, 0.25) is 0 Å². The van der Waals surface area contributed by atoms with Gasteiger partial charge in [0.15, 0.2) is 0 Å². The summed E-state index contributed by atoms with van der Waals surface area (Å²) in [5.41, 5.74) is 4.19. The van der Waals surface area contributed by atoms with E-state index in [0.29, 0.717) is 32.4 Å². The minimum atomic E-state index is -0.963. The van der Waals surface area contributed by atoms with Gasteiger partial charge >= 0.3 is 5.97 Å². The maximum absolute atomic E-state index is 12.7. The van der Waals surface area contributed by atoms with Crippen molar-refractivity contribution in [1.29, 1.82) is 0 Å². The summed E-state index contributed by atoms with van der Waals surface area (Å²) in [4.78, 5) is 38.0. The van der Waals surface area contributed by atoms with Crippen molar-refractivity contribution >= 4 is 23.5 Å². The van der Waals surface area contributed by atoms with Gasteiger partial charge in [-0.05, 0) is 54.2 Å². The SMILES string of the molecule is O=C(O)c1ccc2c(c1)CN(C(=O)CCC1Cc3ccccc3NC1=O)CC2. The second-order valence-electron chi connectivity index (χ2n) is 7.44. The van der Waals surface area contributed by atoms with Gasteiger partial charge in [-0.3, -0.25) is 9.59 Å². The lowest BCUT2D eigenvalue weighted by molar-refractivity contribution is -0.132. The van der Waals surface area contributed by atoms with E-state index in [9.17, 15) is 14.4 Å². The van der Waals surface area contributed by atoms with E-state index >= 15 is 0 Å². The molecule has 2 aromatic carbocycles. The molecule has 4 rings (SSSR count). The number of aromatic carboxylic acids is 1. The molecule has 0 aliphatic carbocycles. The minimum absolute atomic E-state index is 0.0121. The molecule has 6 heteroatoms. The number of carbonyl (C=O) groups excluding carboxylic acids is 2. The van der Waals surface area contributed by atoms with E-state index in [4.69, 9.17) is 5.11 Å². The van der Waals surface area contributed by atoms with Crippen LogP contribution in [-0.2, 0) is 29.0 Å². The maximum Gasteiger partial charge on any atom is 0.335 e. The molecule has 1 unspecified atom stereocenters. The van der Waals surface area contributed by atoms with Crippen molar-refractivity contribution in [1.82, 2.24) is 4.90 Å². The monoisotopic (exact) mass is 378 g/mol. The summed E-state index contributed by atoms with van der Waals surface area (Å²) in [6.45, 7) is 1.05. The summed E-state index contributed by atoms with van der Waals surface area (Å²) >= 11 is 0. The van der Waals surface area contributed by atoms with Gasteiger partial charge in [-0.15, -0.1) is 0 Å². The Morgan fingerprint density at radius 1 is 1.11 bits per heavy atom. The first-order chi connectivity index (χ1) is 13.5. The van der Waals surface area contributed by atoms with Crippen molar-refractivity contribution in [3.63, 3.8) is 0 Å². The summed E-state index contributed by atoms with van der Waals surface area (Å²) in [6, 6.07) is 12.9. The second-order valence-corrected chi connectivity index (χ2v) is 7.44. The Balaban J connectivity index is 1.38. The van der Waals surface area contributed by atoms with Crippen LogP contribution in [0.3, 0.4) is 0 Å². The molecule has 0 radical (unpaired) electrons. The van der Waals surface area contributed by atoms with Crippen molar-refractivity contribution in [2.75, 3.05) is 11.9 Å². The van der Waals surface area contributed by atoms with Gasteiger partial charge < -0.3 is 15.3 Å². The van der Waals surface area contributed by atoms with Gasteiger partial charge in [0.1, 0.15) is 0 Å². The highest BCUT2D eigenvalue weighted by atomic mass is 16.4. The average Bonchev–Trinajstić information content (AvgIpc) is 2.71. The molecule has 2 aliphatic heterocycles. The highest BCUT2D eigenvalue weighted by Gasteiger charge is 2.28. The van der Waals surface area contributed by atoms with Crippen LogP contribution in [0.15, 0.2) is 42.5 Å². The van der Waals surface area contributed by atoms with Crippen LogP contribution in [0.25, 0.3) is 0 Å². The lowest BCUT2D eigenvalue weighted by atomic mass is 9.89. The lowest BCUT2D eigenvalue weighted by Crippen LogP contribution is -2.37. The van der Waals surface area contributed by atoms with Crippen LogP contribution >= 0.6 is 0 Å². The number of carboxylic acid groups (broad SMARTS) is 1. The molecule has 144 valence electrons. The molecule has 0 spiro atoms. The Labute approximate surface area is 163 Å². The summed E-state index contributed by atoms with van der Waals surface area (Å²) in [7, 11) is 0. The first kappa shape index (κ1) is 18.2. The number of hydrogen-bond donors (Lipinski definition) is 2. The molecule has 0 saturated heterocycles. The Kier molecular flexibility index (Phi) is 4.86. The van der Waals surface area contributed by atoms with E-state index in [-0.39, 0.29) is 23.3 Å². The Morgan fingerprint density at radius 2 is 1.93 bits per heavy atom. The van der Waals surface area contributed by atoms with Gasteiger partial charge in [0, 0.05) is 31.1 Å². The highest BCUT2D eigenvalue weighted by molar-refractivity contribution is 5.96. The number of hydrogen-bond acceptors (Lipinski definition) is 3. The fourth-order valence-electron chi connectivity index (χ4n) is 4.01. The molecule has 6 nitrogen and oxygen atoms in total. The molecule has 2 aromatic rings. The van der Waals surface area contributed by atoms with Gasteiger partial charge in [0.2, 0.25) is 11.8 Å². The van der Waals surface area contributed by atoms with Crippen LogP contribution in [0.4, 0.5) is 5.69 Å². The van der Waals surface area contributed by atoms with Crippen molar-refractivity contribution < 1.29 is 19.5 Å². The zero-order valence-electron chi connectivity index (χ0n) is 15.5. The summed E-state index contributed by atoms with van der Waals surface area (Å²) in [5, 5.41) is 12.1. The van der Waals surface area contributed by atoms with E-state index in [1.807, 2.05) is 30.3 Å². The highest BCUT2D eigenvalue weighted by Crippen LogP contribution is 2.28. The normalized spacial score (nSPS) is 18.1. The molecule has 0 aromatic heterocycles. The summed E-state index contributed by atoms with van der Waals surface area (Å²) in [6.07, 6.45) is 2.20. The van der Waals surface area contributed by atoms with Gasteiger partial charge in [-0.25, -0.2) is 4.79 Å². The van der Waals surface area contributed by atoms with Gasteiger partial charge in [0.05, 0.1) is 5.56 Å². The zero-order chi connectivity index (χ0) is 19.7. The smallest absolute Gasteiger partial charge is 0.335 e. The third-order valence-corrected chi connectivity index (χ3v) is 5.64. The maximum atomic E-state index is 12.7. The number of amides is 2. The number of benzene rings is 2. The molecule has 0 bridgehead atoms. The van der Waals surface area contributed by atoms with Crippen molar-refractivity contribution in [3.8, 4) is 0 Å². The van der Waals surface area contributed by atoms with E-state index in [2.05, 4.69) is 5.32 Å². The minimum Gasteiger partial charge on any atom is -0.478 e. The number of nitrogens with zero attached hydrogens (tertiary/aromatic N) is 1. The topological polar surface area (TPSA) is 86.7 Å². The Bertz CT molecular complexity index is 953. The largest absolute Gasteiger partial charge is 0.478 e. The quantitative estimate of drug-likeness (QED) is 0.857. The van der Waals surface area contributed by atoms with E-state index in [0.717, 1.165) is 28.8 Å². The van der Waals surface area contributed by atoms with Crippen LogP contribution in [0.5, 0.6) is 0 Å². The van der Waals surface area contributed by atoms with E-state index in [1.165, 1.54) is 0 Å². The molecule has 0 saturated carbocycles. The third-order valence-electron chi connectivity index (χ3n) is 5.64. The number of para-hydroxylation sites is 1. The van der Waals surface area contributed by atoms with Crippen LogP contribution in [0, 0.1) is 5.92 Å². The number of carboxylic acids is 1. The second kappa shape index (κ2) is 7.46. The lowest BCUT2D eigenvalue weighted by Gasteiger charge is -2.30. The number of anilines is 1. The number of nitrogens with one attached hydrogen (secondary N) is 1. The molecule has 1 atom stereocenters. The molecule has 2 heterocycles. The first-order valence-corrected chi connectivity index (χ1v) is 9.53. The van der Waals surface area contributed by atoms with Gasteiger partial charge in [0.25, 0.3) is 0 Å². The number of rotatable bonds is 4. The molecule has 2 aliphatic rings. The average molecular weight is 378 g/mol. The van der Waals surface area contributed by atoms with Gasteiger partial charge in [-0.2, -0.15) is 0 Å². The molecule has 2 amide bonds. The summed E-state index contributed by atoms with van der Waals surface area (Å²) in [5.74, 6) is -1.18.